The van der Waals surface area contributed by atoms with Crippen LogP contribution in [0.2, 0.25) is 0 Å². The third-order valence-electron chi connectivity index (χ3n) is 6.78. The standard InChI is InChI=1S/C16H21NO5.C14H17NO5.CO2/c1-3-13(16(18)21-4-2)12-7-8-14(17(19)20)15(9-12)22-10-11-5-6-11;1-2-19-14(16)8-11-5-6-12(15(17)18)13(7-11)20-9-10-3-4-10;2-1-3/h7-9,11,13H,3-6,10H2,1-2H3;5-7,10H,2-4,8-9H2,1H3;. The molecular formula is C31H38N2O12. The van der Waals surface area contributed by atoms with Gasteiger partial charge in [-0.2, -0.15) is 9.59 Å². The van der Waals surface area contributed by atoms with Crippen molar-refractivity contribution in [2.24, 2.45) is 11.8 Å². The lowest BCUT2D eigenvalue weighted by molar-refractivity contribution is -0.386. The summed E-state index contributed by atoms with van der Waals surface area (Å²) < 4.78 is 21.0. The minimum Gasteiger partial charge on any atom is -0.487 e. The van der Waals surface area contributed by atoms with Gasteiger partial charge in [0.2, 0.25) is 0 Å². The number of nitro groups is 2. The zero-order valence-electron chi connectivity index (χ0n) is 25.6. The Bertz CT molecular complexity index is 1350. The monoisotopic (exact) mass is 630 g/mol. The predicted octanol–water partition coefficient (Wildman–Crippen LogP) is 5.35. The summed E-state index contributed by atoms with van der Waals surface area (Å²) in [5, 5.41) is 22.1. The second kappa shape index (κ2) is 18.7. The first kappa shape index (κ1) is 36.4. The summed E-state index contributed by atoms with van der Waals surface area (Å²) in [6, 6.07) is 9.09. The number of benzene rings is 2. The number of carbonyl (C=O) groups is 2. The van der Waals surface area contributed by atoms with Gasteiger partial charge in [0.25, 0.3) is 0 Å². The van der Waals surface area contributed by atoms with Crippen LogP contribution in [-0.2, 0) is 35.1 Å². The molecule has 0 spiro atoms. The minimum absolute atomic E-state index is 0.0666. The average molecular weight is 631 g/mol. The second-order valence-corrected chi connectivity index (χ2v) is 10.3. The molecule has 0 aliphatic heterocycles. The zero-order valence-corrected chi connectivity index (χ0v) is 25.6. The Morgan fingerprint density at radius 1 is 0.822 bits per heavy atom. The van der Waals surface area contributed by atoms with Gasteiger partial charge in [0.15, 0.2) is 11.5 Å². The topological polar surface area (TPSA) is 191 Å². The summed E-state index contributed by atoms with van der Waals surface area (Å²) in [5.41, 5.74) is 1.21. The van der Waals surface area contributed by atoms with Crippen molar-refractivity contribution in [3.8, 4) is 11.5 Å². The predicted molar refractivity (Wildman–Crippen MR) is 158 cm³/mol. The van der Waals surface area contributed by atoms with Crippen molar-refractivity contribution >= 4 is 29.5 Å². The normalized spacial score (nSPS) is 13.8. The van der Waals surface area contributed by atoms with Gasteiger partial charge in [-0.05, 0) is 81.0 Å². The van der Waals surface area contributed by atoms with Crippen molar-refractivity contribution in [1.29, 1.82) is 0 Å². The van der Waals surface area contributed by atoms with E-state index in [0.717, 1.165) is 25.7 Å². The maximum absolute atomic E-state index is 12.0. The number of carbonyl (C=O) groups excluding carboxylic acids is 4. The molecule has 0 saturated heterocycles. The van der Waals surface area contributed by atoms with Crippen LogP contribution in [0, 0.1) is 32.1 Å². The lowest BCUT2D eigenvalue weighted by atomic mass is 9.96. The first-order chi connectivity index (χ1) is 21.6. The summed E-state index contributed by atoms with van der Waals surface area (Å²) in [6.45, 7) is 6.98. The van der Waals surface area contributed by atoms with E-state index in [1.165, 1.54) is 12.1 Å². The molecule has 2 aliphatic carbocycles. The molecule has 2 aromatic carbocycles. The van der Waals surface area contributed by atoms with E-state index < -0.39 is 15.8 Å². The molecule has 14 heteroatoms. The molecule has 2 fully saturated rings. The maximum atomic E-state index is 12.0. The van der Waals surface area contributed by atoms with Crippen molar-refractivity contribution in [2.75, 3.05) is 26.4 Å². The molecule has 14 nitrogen and oxygen atoms in total. The highest BCUT2D eigenvalue weighted by Gasteiger charge is 2.27. The van der Waals surface area contributed by atoms with Crippen LogP contribution in [0.25, 0.3) is 0 Å². The first-order valence-corrected chi connectivity index (χ1v) is 14.7. The summed E-state index contributed by atoms with van der Waals surface area (Å²) in [4.78, 5) is 60.8. The molecular weight excluding hydrogens is 592 g/mol. The highest BCUT2D eigenvalue weighted by molar-refractivity contribution is 5.78. The fourth-order valence-electron chi connectivity index (χ4n) is 4.09. The quantitative estimate of drug-likeness (QED) is 0.139. The van der Waals surface area contributed by atoms with E-state index in [-0.39, 0.29) is 47.4 Å². The molecule has 2 aliphatic rings. The Kier molecular flexibility index (Phi) is 15.1. The third-order valence-corrected chi connectivity index (χ3v) is 6.78. The molecule has 244 valence electrons. The lowest BCUT2D eigenvalue weighted by Crippen LogP contribution is -2.15. The van der Waals surface area contributed by atoms with E-state index in [0.29, 0.717) is 55.8 Å². The molecule has 1 atom stereocenters. The van der Waals surface area contributed by atoms with E-state index in [1.54, 1.807) is 38.1 Å². The van der Waals surface area contributed by atoms with Gasteiger partial charge in [-0.3, -0.25) is 29.8 Å². The summed E-state index contributed by atoms with van der Waals surface area (Å²) in [7, 11) is 0. The van der Waals surface area contributed by atoms with Gasteiger partial charge in [-0.25, -0.2) is 0 Å². The van der Waals surface area contributed by atoms with E-state index in [9.17, 15) is 29.8 Å². The van der Waals surface area contributed by atoms with Gasteiger partial charge < -0.3 is 18.9 Å². The molecule has 0 heterocycles. The van der Waals surface area contributed by atoms with Gasteiger partial charge in [0.1, 0.15) is 0 Å². The second-order valence-electron chi connectivity index (χ2n) is 10.3. The number of nitrogens with zero attached hydrogens (tertiary/aromatic N) is 2. The van der Waals surface area contributed by atoms with Crippen LogP contribution in [0.5, 0.6) is 11.5 Å². The van der Waals surface area contributed by atoms with E-state index in [1.807, 2.05) is 6.92 Å². The SMILES string of the molecule is CCOC(=O)C(CC)c1ccc([N+](=O)[O-])c(OCC2CC2)c1.CCOC(=O)Cc1ccc([N+](=O)[O-])c(OCC2CC2)c1.O=C=O. The van der Waals surface area contributed by atoms with Crippen LogP contribution < -0.4 is 9.47 Å². The molecule has 0 amide bonds. The summed E-state index contributed by atoms with van der Waals surface area (Å²) in [6.07, 6.45) is 5.33. The Labute approximate surface area is 260 Å². The van der Waals surface area contributed by atoms with Crippen molar-refractivity contribution in [1.82, 2.24) is 0 Å². The highest BCUT2D eigenvalue weighted by atomic mass is 16.6. The molecule has 45 heavy (non-hydrogen) atoms. The van der Waals surface area contributed by atoms with Crippen LogP contribution in [0.15, 0.2) is 36.4 Å². The fourth-order valence-corrected chi connectivity index (χ4v) is 4.09. The number of nitro benzene ring substituents is 2. The van der Waals surface area contributed by atoms with Crippen LogP contribution in [0.4, 0.5) is 11.4 Å². The molecule has 0 aromatic heterocycles. The smallest absolute Gasteiger partial charge is 0.373 e. The van der Waals surface area contributed by atoms with Crippen LogP contribution in [0.1, 0.15) is 69.9 Å². The summed E-state index contributed by atoms with van der Waals surface area (Å²) >= 11 is 0. The maximum Gasteiger partial charge on any atom is 0.373 e. The number of hydrogen-bond donors (Lipinski definition) is 0. The number of hydrogen-bond acceptors (Lipinski definition) is 12. The van der Waals surface area contributed by atoms with Crippen LogP contribution >= 0.6 is 0 Å². The van der Waals surface area contributed by atoms with Gasteiger partial charge in [-0.15, -0.1) is 0 Å². The number of rotatable bonds is 15. The fraction of sp³-hybridized carbons (Fsp3) is 0.516. The van der Waals surface area contributed by atoms with Gasteiger partial charge >= 0.3 is 29.5 Å². The molecule has 0 radical (unpaired) electrons. The number of ether oxygens (including phenoxy) is 4. The van der Waals surface area contributed by atoms with Crippen molar-refractivity contribution in [2.45, 2.75) is 65.2 Å². The van der Waals surface area contributed by atoms with Gasteiger partial charge in [0, 0.05) is 12.1 Å². The van der Waals surface area contributed by atoms with Crippen molar-refractivity contribution < 1.29 is 48.0 Å². The third kappa shape index (κ3) is 12.7. The number of esters is 2. The first-order valence-electron chi connectivity index (χ1n) is 14.7. The largest absolute Gasteiger partial charge is 0.487 e. The summed E-state index contributed by atoms with van der Waals surface area (Å²) in [5.74, 6) is 0.366. The molecule has 4 rings (SSSR count). The Morgan fingerprint density at radius 3 is 1.76 bits per heavy atom. The van der Waals surface area contributed by atoms with E-state index in [4.69, 9.17) is 28.5 Å². The molecule has 2 saturated carbocycles. The Balaban J connectivity index is 0.000000289. The van der Waals surface area contributed by atoms with Gasteiger partial charge in [-0.1, -0.05) is 19.1 Å². The van der Waals surface area contributed by atoms with Crippen molar-refractivity contribution in [3.05, 3.63) is 67.8 Å². The molecule has 2 aromatic rings. The molecule has 0 N–H and O–H groups in total. The Hall–Kier alpha value is -4.84. The van der Waals surface area contributed by atoms with Crippen LogP contribution in [-0.4, -0.2) is 54.4 Å². The molecule has 0 bridgehead atoms. The van der Waals surface area contributed by atoms with Crippen molar-refractivity contribution in [3.63, 3.8) is 0 Å². The lowest BCUT2D eigenvalue weighted by Gasteiger charge is -2.15. The average Bonchev–Trinajstić information content (AvgIpc) is 3.92. The minimum atomic E-state index is -0.476. The van der Waals surface area contributed by atoms with E-state index >= 15 is 0 Å². The highest BCUT2D eigenvalue weighted by Crippen LogP contribution is 2.36. The van der Waals surface area contributed by atoms with Crippen LogP contribution in [0.3, 0.4) is 0 Å². The molecule has 1 unspecified atom stereocenters. The zero-order chi connectivity index (χ0) is 33.4. The van der Waals surface area contributed by atoms with E-state index in [2.05, 4.69) is 0 Å². The Morgan fingerprint density at radius 2 is 1.31 bits per heavy atom. The van der Waals surface area contributed by atoms with Gasteiger partial charge in [0.05, 0.1) is 48.6 Å².